The first-order valence-corrected chi connectivity index (χ1v) is 22.3. The number of halogens is 1. The highest BCUT2D eigenvalue weighted by molar-refractivity contribution is 6.28. The van der Waals surface area contributed by atoms with E-state index in [0.29, 0.717) is 71.6 Å². The monoisotopic (exact) mass is 937 g/mol. The summed E-state index contributed by atoms with van der Waals surface area (Å²) in [5.41, 5.74) is 16.7. The van der Waals surface area contributed by atoms with Crippen LogP contribution in [-0.2, 0) is 0 Å². The van der Waals surface area contributed by atoms with Crippen molar-refractivity contribution in [2.75, 3.05) is 69.7 Å². The predicted octanol–water partition coefficient (Wildman–Crippen LogP) is 5.96. The number of likely N-dealkylation sites (tertiary alicyclic amines) is 1. The van der Waals surface area contributed by atoms with E-state index in [2.05, 4.69) is 45.8 Å². The molecule has 0 spiro atoms. The Morgan fingerprint density at radius 1 is 0.642 bits per heavy atom. The number of nitrogens with two attached hydrogens (primary N) is 1. The molecule has 1 saturated heterocycles. The fourth-order valence-corrected chi connectivity index (χ4v) is 8.06. The van der Waals surface area contributed by atoms with Crippen molar-refractivity contribution in [3.8, 4) is 0 Å². The van der Waals surface area contributed by atoms with Crippen molar-refractivity contribution in [3.05, 3.63) is 124 Å². The van der Waals surface area contributed by atoms with E-state index < -0.39 is 4.92 Å². The average molecular weight is 939 g/mol. The van der Waals surface area contributed by atoms with Gasteiger partial charge < -0.3 is 41.8 Å². The second-order valence-electron chi connectivity index (χ2n) is 17.1. The van der Waals surface area contributed by atoms with Gasteiger partial charge in [-0.15, -0.1) is 0 Å². The smallest absolute Gasteiger partial charge is 0.294 e. The zero-order valence-electron chi connectivity index (χ0n) is 39.8. The summed E-state index contributed by atoms with van der Waals surface area (Å²) in [5.74, 6) is 0.777. The Hall–Kier alpha value is -6.90. The lowest BCUT2D eigenvalue weighted by Gasteiger charge is -2.26. The van der Waals surface area contributed by atoms with Gasteiger partial charge in [-0.1, -0.05) is 6.42 Å². The first-order chi connectivity index (χ1) is 31.7. The maximum atomic E-state index is 12.1. The second-order valence-corrected chi connectivity index (χ2v) is 17.4. The molecule has 1 aliphatic heterocycles. The topological polar surface area (TPSA) is 258 Å². The summed E-state index contributed by atoms with van der Waals surface area (Å²) in [6.45, 7) is 20.7. The maximum Gasteiger partial charge on any atom is 0.294 e. The number of fused-ring (bicyclic) bond motifs is 3. The molecule has 7 aromatic rings. The van der Waals surface area contributed by atoms with E-state index in [9.17, 15) is 25.7 Å². The molecule has 0 bridgehead atoms. The molecule has 4 N–H and O–H groups in total. The van der Waals surface area contributed by atoms with Gasteiger partial charge in [0, 0.05) is 53.5 Å². The Morgan fingerprint density at radius 3 is 1.51 bits per heavy atom. The lowest BCUT2D eigenvalue weighted by atomic mass is 10.1. The van der Waals surface area contributed by atoms with E-state index >= 15 is 0 Å². The Morgan fingerprint density at radius 2 is 1.06 bits per heavy atom. The molecule has 21 heteroatoms. The molecule has 0 amide bonds. The number of nitrogens with zero attached hydrogens (tertiary/aromatic N) is 12. The highest BCUT2D eigenvalue weighted by atomic mass is 35.5. The standard InChI is InChI=1S/C16H23N5O.C13H19N5O.C9H8ClN3O.C8H10N2O2/c1-12-10-13(2)15-14(11-12)18-16(19-21(15)22)17-6-9-20-7-4-3-5-8-20;1-9-7-10(2)12-11(8-9)15-13(16-18(12)19)14-5-6-17(3)4;1-5-3-6(2)8-7(4-5)11-9(10)12-13(8)14;1-5-3-6(2)8(10(11)12)7(9)4-5/h10-11H,3-9H2,1-2H3,(H,17,18,19);7-8H,5-6H2,1-4H3,(H,14,15,16);3-4H,1-2H3;3-4H,9H2,1-2H3. The summed E-state index contributed by atoms with van der Waals surface area (Å²) >= 11 is 5.59. The molecule has 356 valence electrons. The molecule has 67 heavy (non-hydrogen) atoms. The fraction of sp³-hybridized carbons (Fsp3) is 0.413. The van der Waals surface area contributed by atoms with E-state index in [1.807, 2.05) is 104 Å². The van der Waals surface area contributed by atoms with Crippen LogP contribution in [0, 0.1) is 81.1 Å². The van der Waals surface area contributed by atoms with Crippen molar-refractivity contribution in [1.29, 1.82) is 0 Å². The lowest BCUT2D eigenvalue weighted by molar-refractivity contribution is -0.643. The molecule has 1 fully saturated rings. The van der Waals surface area contributed by atoms with Crippen LogP contribution in [0.3, 0.4) is 0 Å². The number of benzene rings is 4. The second kappa shape index (κ2) is 23.0. The van der Waals surface area contributed by atoms with E-state index in [4.69, 9.17) is 17.3 Å². The van der Waals surface area contributed by atoms with Gasteiger partial charge in [-0.3, -0.25) is 10.1 Å². The minimum absolute atomic E-state index is 0.0144. The summed E-state index contributed by atoms with van der Waals surface area (Å²) < 4.78 is 0. The number of hydrogen-bond acceptors (Lipinski definition) is 16. The Kier molecular flexibility index (Phi) is 17.6. The highest BCUT2D eigenvalue weighted by Crippen LogP contribution is 2.26. The Bertz CT molecular complexity index is 2810. The first-order valence-electron chi connectivity index (χ1n) is 21.9. The molecule has 0 saturated carbocycles. The van der Waals surface area contributed by atoms with Crippen LogP contribution in [0.4, 0.5) is 23.3 Å². The Labute approximate surface area is 394 Å². The third kappa shape index (κ3) is 14.1. The number of piperidine rings is 1. The number of aryl methyl sites for hydroxylation is 8. The average Bonchev–Trinajstić information content (AvgIpc) is 3.20. The minimum Gasteiger partial charge on any atom is -0.594 e. The SMILES string of the molecule is Cc1cc(C)c([N+](=O)[O-])c(N)c1.Cc1cc(C)c2c(c1)nc(Cl)n[n+]2[O-].Cc1cc(C)c2c(c1)nc(NCCN(C)C)n[n+]2[O-].Cc1cc(C)c2c(c1)nc(NCCN1CCCCC1)n[n+]2[O-]. The molecule has 0 unspecified atom stereocenters. The number of likely N-dealkylation sites (N-methyl/N-ethyl adjacent to an activating group) is 1. The maximum absolute atomic E-state index is 12.1. The summed E-state index contributed by atoms with van der Waals surface area (Å²) in [5, 5.41) is 63.6. The van der Waals surface area contributed by atoms with Gasteiger partial charge in [-0.25, -0.2) is 15.0 Å². The van der Waals surface area contributed by atoms with Crippen LogP contribution in [-0.4, -0.2) is 98.3 Å². The third-order valence-electron chi connectivity index (χ3n) is 10.7. The van der Waals surface area contributed by atoms with Gasteiger partial charge in [0.25, 0.3) is 39.4 Å². The number of nitro benzene ring substituents is 1. The number of anilines is 3. The van der Waals surface area contributed by atoms with Crippen molar-refractivity contribution in [2.45, 2.75) is 74.7 Å². The van der Waals surface area contributed by atoms with Gasteiger partial charge in [0.1, 0.15) is 22.2 Å². The molecule has 0 aliphatic carbocycles. The molecular weight excluding hydrogens is 878 g/mol. The van der Waals surface area contributed by atoms with Crippen molar-refractivity contribution in [3.63, 3.8) is 0 Å². The predicted molar refractivity (Wildman–Crippen MR) is 262 cm³/mol. The van der Waals surface area contributed by atoms with Crippen LogP contribution in [0.2, 0.25) is 5.28 Å². The summed E-state index contributed by atoms with van der Waals surface area (Å²) in [7, 11) is 3.98. The summed E-state index contributed by atoms with van der Waals surface area (Å²) in [6.07, 6.45) is 3.91. The van der Waals surface area contributed by atoms with Crippen LogP contribution in [0.25, 0.3) is 33.1 Å². The fourth-order valence-electron chi connectivity index (χ4n) is 7.90. The van der Waals surface area contributed by atoms with Gasteiger partial charge in [0.2, 0.25) is 0 Å². The summed E-state index contributed by atoms with van der Waals surface area (Å²) in [6, 6.07) is 14.8. The van der Waals surface area contributed by atoms with E-state index in [1.165, 1.54) is 32.4 Å². The van der Waals surface area contributed by atoms with Crippen molar-refractivity contribution in [1.82, 2.24) is 40.0 Å². The number of nitro groups is 1. The van der Waals surface area contributed by atoms with Crippen LogP contribution in [0.1, 0.15) is 63.8 Å². The highest BCUT2D eigenvalue weighted by Gasteiger charge is 2.18. The molecule has 4 aromatic carbocycles. The van der Waals surface area contributed by atoms with Gasteiger partial charge >= 0.3 is 0 Å². The number of rotatable bonds is 9. The molecule has 4 heterocycles. The third-order valence-corrected chi connectivity index (χ3v) is 10.9. The molecule has 0 radical (unpaired) electrons. The van der Waals surface area contributed by atoms with Crippen LogP contribution >= 0.6 is 11.6 Å². The minimum atomic E-state index is -0.454. The molecule has 8 rings (SSSR count). The Balaban J connectivity index is 0.000000172. The van der Waals surface area contributed by atoms with Gasteiger partial charge in [-0.2, -0.15) is 0 Å². The molecule has 0 atom stereocenters. The first kappa shape index (κ1) is 51.1. The van der Waals surface area contributed by atoms with Crippen LogP contribution < -0.4 is 30.9 Å². The van der Waals surface area contributed by atoms with Gasteiger partial charge in [0.15, 0.2) is 0 Å². The zero-order chi connectivity index (χ0) is 49.1. The number of nitrogens with one attached hydrogen (secondary N) is 2. The number of nitrogen functional groups attached to an aromatic ring is 1. The van der Waals surface area contributed by atoms with E-state index in [-0.39, 0.29) is 16.7 Å². The molecular formula is C46H60ClN15O5. The summed E-state index contributed by atoms with van der Waals surface area (Å²) in [4.78, 5) is 29.2. The number of aromatic nitrogens is 9. The van der Waals surface area contributed by atoms with E-state index in [0.717, 1.165) is 58.6 Å². The van der Waals surface area contributed by atoms with Crippen molar-refractivity contribution in [2.24, 2.45) is 0 Å². The molecule has 20 nitrogen and oxygen atoms in total. The molecule has 1 aliphatic rings. The van der Waals surface area contributed by atoms with Crippen molar-refractivity contribution >= 4 is 68.0 Å². The van der Waals surface area contributed by atoms with Crippen molar-refractivity contribution < 1.29 is 19.5 Å². The normalized spacial score (nSPS) is 12.5. The largest absolute Gasteiger partial charge is 0.594 e. The zero-order valence-corrected chi connectivity index (χ0v) is 40.6. The van der Waals surface area contributed by atoms with Crippen LogP contribution in [0.15, 0.2) is 48.5 Å². The van der Waals surface area contributed by atoms with Gasteiger partial charge in [0.05, 0.1) is 15.1 Å². The van der Waals surface area contributed by atoms with Gasteiger partial charge in [-0.05, 0) is 192 Å². The molecule has 3 aromatic heterocycles. The number of hydrogen-bond donors (Lipinski definition) is 3. The van der Waals surface area contributed by atoms with Crippen LogP contribution in [0.5, 0.6) is 0 Å². The lowest BCUT2D eigenvalue weighted by Crippen LogP contribution is -2.36. The quantitative estimate of drug-likeness (QED) is 0.0496. The van der Waals surface area contributed by atoms with E-state index in [1.54, 1.807) is 19.1 Å².